The number of benzene rings is 1. The molecule has 20 heavy (non-hydrogen) atoms. The van der Waals surface area contributed by atoms with Crippen molar-refractivity contribution >= 4 is 23.1 Å². The number of hydrogen-bond acceptors (Lipinski definition) is 4. The van der Waals surface area contributed by atoms with E-state index >= 15 is 0 Å². The molecule has 0 fully saturated rings. The van der Waals surface area contributed by atoms with Gasteiger partial charge in [-0.05, 0) is 24.1 Å². The Morgan fingerprint density at radius 3 is 2.65 bits per heavy atom. The van der Waals surface area contributed by atoms with Gasteiger partial charge in [0.05, 0.1) is 0 Å². The van der Waals surface area contributed by atoms with Crippen LogP contribution in [0.3, 0.4) is 0 Å². The third-order valence-electron chi connectivity index (χ3n) is 3.15. The Morgan fingerprint density at radius 1 is 1.25 bits per heavy atom. The Kier molecular flexibility index (Phi) is 6.57. The Morgan fingerprint density at radius 2 is 2.05 bits per heavy atom. The predicted octanol–water partition coefficient (Wildman–Crippen LogP) is 4.54. The molecule has 0 saturated carbocycles. The van der Waals surface area contributed by atoms with Crippen molar-refractivity contribution in [2.45, 2.75) is 37.1 Å². The summed E-state index contributed by atoms with van der Waals surface area (Å²) in [6.45, 7) is 5.37. The molecule has 1 unspecified atom stereocenters. The standard InChI is InChI=1S/C16H22N2S2/c1-3-5-13-6-8-14(9-7-13)15(17-4-2)12-20-16-18-10-11-19-16/h6-11,15,17H,3-5,12H2,1-2H3. The van der Waals surface area contributed by atoms with Crippen molar-refractivity contribution in [1.82, 2.24) is 10.3 Å². The van der Waals surface area contributed by atoms with Gasteiger partial charge in [0.2, 0.25) is 0 Å². The molecule has 0 saturated heterocycles. The van der Waals surface area contributed by atoms with Crippen molar-refractivity contribution in [3.63, 3.8) is 0 Å². The average molecular weight is 307 g/mol. The summed E-state index contributed by atoms with van der Waals surface area (Å²) in [7, 11) is 0. The van der Waals surface area contributed by atoms with Gasteiger partial charge in [0.25, 0.3) is 0 Å². The van der Waals surface area contributed by atoms with Crippen LogP contribution in [0.15, 0.2) is 40.2 Å². The van der Waals surface area contributed by atoms with Crippen LogP contribution in [0.5, 0.6) is 0 Å². The molecule has 1 heterocycles. The van der Waals surface area contributed by atoms with Gasteiger partial charge in [0.15, 0.2) is 0 Å². The molecule has 1 aromatic heterocycles. The SMILES string of the molecule is CCCc1ccc(C(CSc2nccs2)NCC)cc1. The van der Waals surface area contributed by atoms with Gasteiger partial charge in [-0.3, -0.25) is 0 Å². The van der Waals surface area contributed by atoms with Crippen molar-refractivity contribution in [3.8, 4) is 0 Å². The number of thiazole rings is 1. The van der Waals surface area contributed by atoms with E-state index in [0.29, 0.717) is 6.04 Å². The Hall–Kier alpha value is -0.840. The molecule has 1 N–H and O–H groups in total. The van der Waals surface area contributed by atoms with Gasteiger partial charge in [-0.1, -0.05) is 56.3 Å². The second kappa shape index (κ2) is 8.45. The third-order valence-corrected chi connectivity index (χ3v) is 5.21. The lowest BCUT2D eigenvalue weighted by atomic mass is 10.0. The van der Waals surface area contributed by atoms with E-state index in [4.69, 9.17) is 0 Å². The fourth-order valence-electron chi connectivity index (χ4n) is 2.16. The highest BCUT2D eigenvalue weighted by Crippen LogP contribution is 2.26. The summed E-state index contributed by atoms with van der Waals surface area (Å²) in [5.41, 5.74) is 2.80. The number of aryl methyl sites for hydroxylation is 1. The quantitative estimate of drug-likeness (QED) is 0.725. The maximum Gasteiger partial charge on any atom is 0.149 e. The number of rotatable bonds is 8. The smallest absolute Gasteiger partial charge is 0.149 e. The molecule has 4 heteroatoms. The molecule has 0 bridgehead atoms. The molecule has 0 aliphatic carbocycles. The third kappa shape index (κ3) is 4.62. The fraction of sp³-hybridized carbons (Fsp3) is 0.438. The highest BCUT2D eigenvalue weighted by molar-refractivity contribution is 8.01. The van der Waals surface area contributed by atoms with Crippen molar-refractivity contribution < 1.29 is 0 Å². The first kappa shape index (κ1) is 15.5. The lowest BCUT2D eigenvalue weighted by molar-refractivity contribution is 0.605. The molecule has 0 aliphatic heterocycles. The maximum absolute atomic E-state index is 4.33. The van der Waals surface area contributed by atoms with Gasteiger partial charge in [-0.15, -0.1) is 11.3 Å². The monoisotopic (exact) mass is 306 g/mol. The van der Waals surface area contributed by atoms with E-state index in [1.165, 1.54) is 24.0 Å². The van der Waals surface area contributed by atoms with E-state index in [9.17, 15) is 0 Å². The van der Waals surface area contributed by atoms with Crippen LogP contribution in [0.25, 0.3) is 0 Å². The molecule has 1 aromatic carbocycles. The molecule has 0 aliphatic rings. The molecular formula is C16H22N2S2. The largest absolute Gasteiger partial charge is 0.309 e. The van der Waals surface area contributed by atoms with E-state index in [1.54, 1.807) is 11.3 Å². The Bertz CT molecular complexity index is 480. The first-order valence-electron chi connectivity index (χ1n) is 7.18. The zero-order valence-corrected chi connectivity index (χ0v) is 13.8. The zero-order valence-electron chi connectivity index (χ0n) is 12.1. The summed E-state index contributed by atoms with van der Waals surface area (Å²) in [6.07, 6.45) is 4.24. The van der Waals surface area contributed by atoms with Crippen molar-refractivity contribution in [3.05, 3.63) is 47.0 Å². The first-order chi connectivity index (χ1) is 9.83. The highest BCUT2D eigenvalue weighted by Gasteiger charge is 2.11. The van der Waals surface area contributed by atoms with Crippen LogP contribution in [0.4, 0.5) is 0 Å². The number of nitrogens with one attached hydrogen (secondary N) is 1. The summed E-state index contributed by atoms with van der Waals surface area (Å²) < 4.78 is 1.15. The summed E-state index contributed by atoms with van der Waals surface area (Å²) in [5.74, 6) is 1.02. The summed E-state index contributed by atoms with van der Waals surface area (Å²) in [6, 6.07) is 9.44. The number of hydrogen-bond donors (Lipinski definition) is 1. The van der Waals surface area contributed by atoms with Crippen LogP contribution in [-0.4, -0.2) is 17.3 Å². The minimum atomic E-state index is 0.393. The van der Waals surface area contributed by atoms with Crippen LogP contribution in [0, 0.1) is 0 Å². The average Bonchev–Trinajstić information content (AvgIpc) is 2.98. The van der Waals surface area contributed by atoms with E-state index < -0.39 is 0 Å². The van der Waals surface area contributed by atoms with Crippen LogP contribution >= 0.6 is 23.1 Å². The lowest BCUT2D eigenvalue weighted by Crippen LogP contribution is -2.22. The van der Waals surface area contributed by atoms with Gasteiger partial charge in [-0.2, -0.15) is 0 Å². The molecule has 2 rings (SSSR count). The summed E-state index contributed by atoms with van der Waals surface area (Å²) in [4.78, 5) is 4.33. The summed E-state index contributed by atoms with van der Waals surface area (Å²) >= 11 is 3.54. The summed E-state index contributed by atoms with van der Waals surface area (Å²) in [5, 5.41) is 5.60. The van der Waals surface area contributed by atoms with Gasteiger partial charge in [-0.25, -0.2) is 4.98 Å². The minimum Gasteiger partial charge on any atom is -0.309 e. The van der Waals surface area contributed by atoms with Gasteiger partial charge < -0.3 is 5.32 Å². The molecule has 108 valence electrons. The topological polar surface area (TPSA) is 24.9 Å². The van der Waals surface area contributed by atoms with Gasteiger partial charge in [0.1, 0.15) is 4.34 Å². The number of aromatic nitrogens is 1. The molecule has 0 radical (unpaired) electrons. The molecule has 1 atom stereocenters. The van der Waals surface area contributed by atoms with Crippen LogP contribution in [0.1, 0.15) is 37.4 Å². The van der Waals surface area contributed by atoms with Gasteiger partial charge in [0, 0.05) is 23.4 Å². The fourth-order valence-corrected chi connectivity index (χ4v) is 3.92. The van der Waals surface area contributed by atoms with E-state index in [1.807, 2.05) is 23.3 Å². The molecule has 0 spiro atoms. The maximum atomic E-state index is 4.33. The van der Waals surface area contributed by atoms with Crippen LogP contribution in [0.2, 0.25) is 0 Å². The second-order valence-electron chi connectivity index (χ2n) is 4.71. The lowest BCUT2D eigenvalue weighted by Gasteiger charge is -2.17. The number of nitrogens with zero attached hydrogens (tertiary/aromatic N) is 1. The Labute approximate surface area is 130 Å². The molecule has 2 aromatic rings. The first-order valence-corrected chi connectivity index (χ1v) is 9.04. The van der Waals surface area contributed by atoms with Crippen LogP contribution in [-0.2, 0) is 6.42 Å². The minimum absolute atomic E-state index is 0.393. The van der Waals surface area contributed by atoms with Crippen LogP contribution < -0.4 is 5.32 Å². The normalized spacial score (nSPS) is 12.5. The highest BCUT2D eigenvalue weighted by atomic mass is 32.2. The molecule has 2 nitrogen and oxygen atoms in total. The number of thioether (sulfide) groups is 1. The second-order valence-corrected chi connectivity index (χ2v) is 6.87. The molecular weight excluding hydrogens is 284 g/mol. The predicted molar refractivity (Wildman–Crippen MR) is 89.7 cm³/mol. The zero-order chi connectivity index (χ0) is 14.2. The Balaban J connectivity index is 1.99. The van der Waals surface area contributed by atoms with Crippen molar-refractivity contribution in [2.75, 3.05) is 12.3 Å². The van der Waals surface area contributed by atoms with Crippen molar-refractivity contribution in [1.29, 1.82) is 0 Å². The van der Waals surface area contributed by atoms with Gasteiger partial charge >= 0.3 is 0 Å². The molecule has 0 amide bonds. The van der Waals surface area contributed by atoms with Crippen molar-refractivity contribution in [2.24, 2.45) is 0 Å². The van der Waals surface area contributed by atoms with E-state index in [-0.39, 0.29) is 0 Å². The van der Waals surface area contributed by atoms with E-state index in [0.717, 1.165) is 16.6 Å². The van der Waals surface area contributed by atoms with E-state index in [2.05, 4.69) is 48.4 Å².